The maximum absolute atomic E-state index is 12.0. The van der Waals surface area contributed by atoms with Crippen LogP contribution in [0.25, 0.3) is 11.3 Å². The van der Waals surface area contributed by atoms with Crippen LogP contribution in [0.4, 0.5) is 5.13 Å². The molecule has 0 radical (unpaired) electrons. The molecule has 3 rings (SSSR count). The van der Waals surface area contributed by atoms with E-state index >= 15 is 0 Å². The highest BCUT2D eigenvalue weighted by atomic mass is 32.1. The van der Waals surface area contributed by atoms with Crippen molar-refractivity contribution in [2.24, 2.45) is 0 Å². The average Bonchev–Trinajstić information content (AvgIpc) is 3.34. The summed E-state index contributed by atoms with van der Waals surface area (Å²) in [6.07, 6.45) is 0.00464. The monoisotopic (exact) mass is 428 g/mol. The second-order valence-corrected chi connectivity index (χ2v) is 8.59. The predicted octanol–water partition coefficient (Wildman–Crippen LogP) is 4.63. The van der Waals surface area contributed by atoms with Crippen molar-refractivity contribution in [1.82, 2.24) is 4.98 Å². The fourth-order valence-electron chi connectivity index (χ4n) is 2.48. The molecule has 0 saturated heterocycles. The van der Waals surface area contributed by atoms with Crippen molar-refractivity contribution in [3.8, 4) is 11.3 Å². The van der Waals surface area contributed by atoms with E-state index in [1.165, 1.54) is 22.7 Å². The third-order valence-electron chi connectivity index (χ3n) is 4.03. The number of amides is 1. The number of aromatic nitrogens is 1. The fourth-order valence-corrected chi connectivity index (χ4v) is 4.06. The summed E-state index contributed by atoms with van der Waals surface area (Å²) < 4.78 is 4.95. The number of rotatable bonds is 8. The lowest BCUT2D eigenvalue weighted by atomic mass is 10.1. The standard InChI is InChI=1S/C21H20N2O4S2/c1-13-3-6-15(7-4-13)16-12-28-21(22-16)23-19(25)11-27-20(26)10-8-17(24)18-9-5-14(2)29-18/h3-7,9,12H,8,10-11H2,1-2H3,(H,22,23,25). The van der Waals surface area contributed by atoms with E-state index in [9.17, 15) is 14.4 Å². The maximum Gasteiger partial charge on any atom is 0.306 e. The van der Waals surface area contributed by atoms with Gasteiger partial charge in [0.1, 0.15) is 0 Å². The van der Waals surface area contributed by atoms with Crippen molar-refractivity contribution in [3.63, 3.8) is 0 Å². The average molecular weight is 429 g/mol. The quantitative estimate of drug-likeness (QED) is 0.417. The van der Waals surface area contributed by atoms with Gasteiger partial charge in [0.15, 0.2) is 17.5 Å². The topological polar surface area (TPSA) is 85.4 Å². The van der Waals surface area contributed by atoms with Gasteiger partial charge in [0.2, 0.25) is 0 Å². The zero-order valence-electron chi connectivity index (χ0n) is 16.1. The van der Waals surface area contributed by atoms with E-state index < -0.39 is 18.5 Å². The molecule has 0 unspecified atom stereocenters. The van der Waals surface area contributed by atoms with E-state index in [0.29, 0.717) is 10.0 Å². The number of thiophene rings is 1. The van der Waals surface area contributed by atoms with E-state index in [1.54, 1.807) is 6.07 Å². The summed E-state index contributed by atoms with van der Waals surface area (Å²) in [5.74, 6) is -1.15. The summed E-state index contributed by atoms with van der Waals surface area (Å²) >= 11 is 2.69. The predicted molar refractivity (Wildman–Crippen MR) is 114 cm³/mol. The number of hydrogen-bond acceptors (Lipinski definition) is 7. The van der Waals surface area contributed by atoms with Gasteiger partial charge in [-0.1, -0.05) is 29.8 Å². The lowest BCUT2D eigenvalue weighted by Crippen LogP contribution is -2.21. The van der Waals surface area contributed by atoms with Crippen LogP contribution in [-0.4, -0.2) is 29.3 Å². The van der Waals surface area contributed by atoms with Crippen LogP contribution in [0.3, 0.4) is 0 Å². The number of carbonyl (C=O) groups is 3. The number of anilines is 1. The van der Waals surface area contributed by atoms with Crippen molar-refractivity contribution in [3.05, 3.63) is 57.1 Å². The molecular weight excluding hydrogens is 408 g/mol. The van der Waals surface area contributed by atoms with E-state index in [1.807, 2.05) is 49.6 Å². The molecule has 0 spiro atoms. The van der Waals surface area contributed by atoms with Crippen LogP contribution in [0.1, 0.15) is 33.0 Å². The van der Waals surface area contributed by atoms with Gasteiger partial charge in [-0.25, -0.2) is 4.98 Å². The lowest BCUT2D eigenvalue weighted by molar-refractivity contribution is -0.147. The van der Waals surface area contributed by atoms with Gasteiger partial charge in [-0.15, -0.1) is 22.7 Å². The molecule has 8 heteroatoms. The van der Waals surface area contributed by atoms with Crippen LogP contribution in [0.15, 0.2) is 41.8 Å². The number of carbonyl (C=O) groups excluding carboxylic acids is 3. The molecule has 1 aromatic carbocycles. The van der Waals surface area contributed by atoms with Gasteiger partial charge in [-0.05, 0) is 26.0 Å². The van der Waals surface area contributed by atoms with Crippen LogP contribution >= 0.6 is 22.7 Å². The SMILES string of the molecule is Cc1ccc(-c2csc(NC(=O)COC(=O)CCC(=O)c3ccc(C)s3)n2)cc1. The number of benzene rings is 1. The van der Waals surface area contributed by atoms with Crippen molar-refractivity contribution >= 4 is 45.5 Å². The van der Waals surface area contributed by atoms with Gasteiger partial charge < -0.3 is 4.74 Å². The number of ketones is 1. The van der Waals surface area contributed by atoms with Crippen molar-refractivity contribution in [2.75, 3.05) is 11.9 Å². The van der Waals surface area contributed by atoms with Crippen LogP contribution in [0.2, 0.25) is 0 Å². The summed E-state index contributed by atoms with van der Waals surface area (Å²) in [4.78, 5) is 41.8. The molecule has 1 N–H and O–H groups in total. The molecule has 29 heavy (non-hydrogen) atoms. The lowest BCUT2D eigenvalue weighted by Gasteiger charge is -2.04. The van der Waals surface area contributed by atoms with Gasteiger partial charge in [-0.3, -0.25) is 19.7 Å². The first kappa shape index (κ1) is 20.9. The van der Waals surface area contributed by atoms with Crippen molar-refractivity contribution < 1.29 is 19.1 Å². The molecule has 6 nitrogen and oxygen atoms in total. The molecule has 150 valence electrons. The number of nitrogens with one attached hydrogen (secondary N) is 1. The Hall–Kier alpha value is -2.84. The Morgan fingerprint density at radius 1 is 1.03 bits per heavy atom. The summed E-state index contributed by atoms with van der Waals surface area (Å²) in [6.45, 7) is 3.52. The summed E-state index contributed by atoms with van der Waals surface area (Å²) in [6, 6.07) is 11.5. The molecule has 0 atom stereocenters. The molecule has 2 aromatic heterocycles. The highest BCUT2D eigenvalue weighted by molar-refractivity contribution is 7.14. The zero-order valence-corrected chi connectivity index (χ0v) is 17.7. The van der Waals surface area contributed by atoms with Crippen molar-refractivity contribution in [2.45, 2.75) is 26.7 Å². The number of ether oxygens (including phenoxy) is 1. The second kappa shape index (κ2) is 9.58. The first-order valence-electron chi connectivity index (χ1n) is 8.98. The first-order chi connectivity index (χ1) is 13.9. The number of aryl methyl sites for hydroxylation is 2. The minimum atomic E-state index is -0.582. The molecule has 0 saturated carbocycles. The third-order valence-corrected chi connectivity index (χ3v) is 5.83. The molecule has 0 fully saturated rings. The highest BCUT2D eigenvalue weighted by Crippen LogP contribution is 2.25. The molecular formula is C21H20N2O4S2. The van der Waals surface area contributed by atoms with Crippen LogP contribution in [0, 0.1) is 13.8 Å². The molecule has 0 bridgehead atoms. The molecule has 0 aliphatic carbocycles. The fraction of sp³-hybridized carbons (Fsp3) is 0.238. The second-order valence-electron chi connectivity index (χ2n) is 6.45. The Balaban J connectivity index is 1.42. The van der Waals surface area contributed by atoms with Gasteiger partial charge in [0.05, 0.1) is 17.0 Å². The van der Waals surface area contributed by atoms with Crippen LogP contribution in [-0.2, 0) is 14.3 Å². The first-order valence-corrected chi connectivity index (χ1v) is 10.7. The number of hydrogen-bond donors (Lipinski definition) is 1. The summed E-state index contributed by atoms with van der Waals surface area (Å²) in [7, 11) is 0. The van der Waals surface area contributed by atoms with E-state index in [2.05, 4.69) is 10.3 Å². The summed E-state index contributed by atoms with van der Waals surface area (Å²) in [5.41, 5.74) is 2.89. The molecule has 0 aliphatic rings. The minimum Gasteiger partial charge on any atom is -0.456 e. The van der Waals surface area contributed by atoms with Crippen LogP contribution < -0.4 is 5.32 Å². The highest BCUT2D eigenvalue weighted by Gasteiger charge is 2.14. The number of nitrogens with zero attached hydrogens (tertiary/aromatic N) is 1. The normalized spacial score (nSPS) is 10.6. The van der Waals surface area contributed by atoms with E-state index in [0.717, 1.165) is 21.7 Å². The number of esters is 1. The van der Waals surface area contributed by atoms with Gasteiger partial charge in [-0.2, -0.15) is 0 Å². The smallest absolute Gasteiger partial charge is 0.306 e. The van der Waals surface area contributed by atoms with E-state index in [4.69, 9.17) is 4.74 Å². The Labute approximate surface area is 176 Å². The Morgan fingerprint density at radius 3 is 2.48 bits per heavy atom. The third kappa shape index (κ3) is 6.07. The summed E-state index contributed by atoms with van der Waals surface area (Å²) in [5, 5.41) is 4.90. The molecule has 1 amide bonds. The van der Waals surface area contributed by atoms with Crippen LogP contribution in [0.5, 0.6) is 0 Å². The van der Waals surface area contributed by atoms with Crippen molar-refractivity contribution in [1.29, 1.82) is 0 Å². The zero-order chi connectivity index (χ0) is 20.8. The Kier molecular flexibility index (Phi) is 6.90. The largest absolute Gasteiger partial charge is 0.456 e. The molecule has 0 aliphatic heterocycles. The van der Waals surface area contributed by atoms with E-state index in [-0.39, 0.29) is 18.6 Å². The Bertz CT molecular complexity index is 1020. The molecule has 2 heterocycles. The van der Waals surface area contributed by atoms with Gasteiger partial charge >= 0.3 is 5.97 Å². The number of thiazole rings is 1. The number of Topliss-reactive ketones (excluding diaryl/α,β-unsaturated/α-hetero) is 1. The van der Waals surface area contributed by atoms with Gasteiger partial charge in [0.25, 0.3) is 5.91 Å². The maximum atomic E-state index is 12.0. The Morgan fingerprint density at radius 2 is 1.79 bits per heavy atom. The minimum absolute atomic E-state index is 0.0577. The van der Waals surface area contributed by atoms with Gasteiger partial charge in [0, 0.05) is 22.2 Å². The molecule has 3 aromatic rings.